The first kappa shape index (κ1) is 26.3. The molecule has 34 heavy (non-hydrogen) atoms. The number of aliphatic hydroxyl groups excluding tert-OH is 3. The van der Waals surface area contributed by atoms with Crippen molar-refractivity contribution >= 4 is 24.6 Å². The van der Waals surface area contributed by atoms with Gasteiger partial charge >= 0.3 is 13.6 Å². The Kier molecular flexibility index (Phi) is 8.18. The fourth-order valence-electron chi connectivity index (χ4n) is 3.76. The normalized spacial score (nSPS) is 24.1. The van der Waals surface area contributed by atoms with E-state index in [1.807, 2.05) is 6.92 Å². The lowest BCUT2D eigenvalue weighted by Crippen LogP contribution is -2.37. The van der Waals surface area contributed by atoms with Crippen LogP contribution in [0.5, 0.6) is 0 Å². The van der Waals surface area contributed by atoms with Gasteiger partial charge in [-0.05, 0) is 20.3 Å². The number of rotatable bonds is 11. The Morgan fingerprint density at radius 1 is 1.21 bits per heavy atom. The zero-order valence-electron chi connectivity index (χ0n) is 18.8. The molecule has 190 valence electrons. The first-order valence-corrected chi connectivity index (χ1v) is 12.4. The molecule has 5 atom stereocenters. The van der Waals surface area contributed by atoms with Gasteiger partial charge in [-0.1, -0.05) is 18.6 Å². The molecule has 1 aliphatic heterocycles. The van der Waals surface area contributed by atoms with Gasteiger partial charge in [0.1, 0.15) is 23.8 Å². The molecule has 4 N–H and O–H groups in total. The molecule has 15 nitrogen and oxygen atoms in total. The third kappa shape index (κ3) is 4.52. The average Bonchev–Trinajstić information content (AvgIpc) is 3.27. The van der Waals surface area contributed by atoms with Gasteiger partial charge in [-0.25, -0.2) is 9.48 Å². The number of aryl methyl sites for hydroxylation is 1. The molecule has 0 spiro atoms. The zero-order valence-corrected chi connectivity index (χ0v) is 19.7. The number of hydrogen-bond acceptors (Lipinski definition) is 12. The van der Waals surface area contributed by atoms with Crippen molar-refractivity contribution in [3.05, 3.63) is 16.0 Å². The molecule has 1 saturated heterocycles. The molecule has 5 unspecified atom stereocenters. The maximum Gasteiger partial charge on any atom is 0.366 e. The molecule has 0 radical (unpaired) electrons. The molecular weight excluding hydrogens is 477 g/mol. The van der Waals surface area contributed by atoms with Gasteiger partial charge in [-0.2, -0.15) is 9.78 Å². The summed E-state index contributed by atoms with van der Waals surface area (Å²) in [6.07, 6.45) is -4.99. The highest BCUT2D eigenvalue weighted by Gasteiger charge is 2.47. The maximum atomic E-state index is 13.5. The van der Waals surface area contributed by atoms with Crippen molar-refractivity contribution in [2.24, 2.45) is 0 Å². The van der Waals surface area contributed by atoms with Crippen molar-refractivity contribution in [1.29, 1.82) is 0 Å². The van der Waals surface area contributed by atoms with Crippen LogP contribution in [0.2, 0.25) is 0 Å². The highest BCUT2D eigenvalue weighted by molar-refractivity contribution is 7.55. The van der Waals surface area contributed by atoms with E-state index in [0.717, 1.165) is 4.68 Å². The fraction of sp³-hybridized carbons (Fsp3) is 0.722. The molecule has 0 amide bonds. The predicted molar refractivity (Wildman–Crippen MR) is 114 cm³/mol. The molecule has 0 aliphatic carbocycles. The van der Waals surface area contributed by atoms with Crippen molar-refractivity contribution in [3.8, 4) is 0 Å². The summed E-state index contributed by atoms with van der Waals surface area (Å²) in [4.78, 5) is 25.7. The largest absolute Gasteiger partial charge is 0.479 e. The lowest BCUT2D eigenvalue weighted by Gasteiger charge is -2.24. The van der Waals surface area contributed by atoms with Crippen molar-refractivity contribution in [2.75, 3.05) is 19.8 Å². The van der Waals surface area contributed by atoms with Crippen LogP contribution >= 0.6 is 7.60 Å². The van der Waals surface area contributed by atoms with Crippen LogP contribution in [0.3, 0.4) is 0 Å². The van der Waals surface area contributed by atoms with Gasteiger partial charge in [0.2, 0.25) is 5.78 Å². The molecule has 2 aromatic rings. The fourth-order valence-corrected chi connectivity index (χ4v) is 5.54. The van der Waals surface area contributed by atoms with Crippen LogP contribution in [-0.2, 0) is 29.6 Å². The Balaban J connectivity index is 2.28. The standard InChI is InChI=1S/C18H28N5O10P/c1-4-7-9-11-12(22(20-9)17(18(28)29)34(30,31-5-2)32-6-3)15(27)23(21-19-11)16-14(26)13(25)10(8-24)33-16/h10,13-14,16-17,24-26H,4-8H2,1-3H3,(H,28,29). The van der Waals surface area contributed by atoms with Gasteiger partial charge in [0.25, 0.3) is 5.56 Å². The van der Waals surface area contributed by atoms with E-state index in [4.69, 9.17) is 13.8 Å². The van der Waals surface area contributed by atoms with E-state index in [9.17, 15) is 34.6 Å². The molecular formula is C18H28N5O10P. The second kappa shape index (κ2) is 10.6. The van der Waals surface area contributed by atoms with E-state index in [0.29, 0.717) is 17.5 Å². The number of ether oxygens (including phenoxy) is 1. The summed E-state index contributed by atoms with van der Waals surface area (Å²) in [6, 6.07) is 0. The van der Waals surface area contributed by atoms with Crippen LogP contribution in [0.4, 0.5) is 0 Å². The second-order valence-electron chi connectivity index (χ2n) is 7.49. The van der Waals surface area contributed by atoms with Crippen molar-refractivity contribution < 1.29 is 43.6 Å². The number of nitrogens with zero attached hydrogens (tertiary/aromatic N) is 5. The summed E-state index contributed by atoms with van der Waals surface area (Å²) in [5.41, 5.74) is -1.13. The lowest BCUT2D eigenvalue weighted by atomic mass is 10.1. The number of aromatic nitrogens is 5. The minimum absolute atomic E-state index is 0.0272. The highest BCUT2D eigenvalue weighted by atomic mass is 31.2. The highest BCUT2D eigenvalue weighted by Crippen LogP contribution is 2.59. The Bertz CT molecular complexity index is 1130. The quantitative estimate of drug-likeness (QED) is 0.282. The molecule has 3 rings (SSSR count). The van der Waals surface area contributed by atoms with Crippen LogP contribution in [0.1, 0.15) is 44.9 Å². The van der Waals surface area contributed by atoms with Gasteiger partial charge in [0.05, 0.1) is 25.5 Å². The van der Waals surface area contributed by atoms with E-state index >= 15 is 0 Å². The second-order valence-corrected chi connectivity index (χ2v) is 9.58. The molecule has 2 aromatic heterocycles. The summed E-state index contributed by atoms with van der Waals surface area (Å²) >= 11 is 0. The van der Waals surface area contributed by atoms with Crippen LogP contribution in [-0.4, -0.2) is 89.3 Å². The maximum absolute atomic E-state index is 13.5. The number of carboxylic acid groups (broad SMARTS) is 1. The third-order valence-electron chi connectivity index (χ3n) is 5.22. The summed E-state index contributed by atoms with van der Waals surface area (Å²) in [7, 11) is -4.36. The van der Waals surface area contributed by atoms with E-state index in [1.165, 1.54) is 13.8 Å². The molecule has 0 saturated carbocycles. The summed E-state index contributed by atoms with van der Waals surface area (Å²) in [5.74, 6) is -3.63. The zero-order chi connectivity index (χ0) is 25.2. The van der Waals surface area contributed by atoms with Gasteiger partial charge in [-0.3, -0.25) is 9.36 Å². The Hall–Kier alpha value is -2.26. The number of aliphatic carboxylic acids is 1. The van der Waals surface area contributed by atoms with Crippen LogP contribution in [0.15, 0.2) is 4.79 Å². The minimum Gasteiger partial charge on any atom is -0.479 e. The molecule has 0 bridgehead atoms. The smallest absolute Gasteiger partial charge is 0.366 e. The molecule has 3 heterocycles. The SMILES string of the molecule is CCCc1nn(C(C(=O)O)P(=O)(OCC)OCC)c2c(=O)n(C3OC(CO)C(O)C3O)nnc12. The van der Waals surface area contributed by atoms with Crippen LogP contribution in [0.25, 0.3) is 11.0 Å². The van der Waals surface area contributed by atoms with Crippen LogP contribution in [0, 0.1) is 0 Å². The Morgan fingerprint density at radius 2 is 1.85 bits per heavy atom. The summed E-state index contributed by atoms with van der Waals surface area (Å²) < 4.78 is 30.6. The monoisotopic (exact) mass is 505 g/mol. The summed E-state index contributed by atoms with van der Waals surface area (Å²) in [5, 5.41) is 51.6. The topological polar surface area (TPSA) is 208 Å². The van der Waals surface area contributed by atoms with Gasteiger partial charge in [0, 0.05) is 0 Å². The number of carbonyl (C=O) groups is 1. The lowest BCUT2D eigenvalue weighted by molar-refractivity contribution is -0.139. The number of fused-ring (bicyclic) bond motifs is 1. The van der Waals surface area contributed by atoms with E-state index in [1.54, 1.807) is 0 Å². The summed E-state index contributed by atoms with van der Waals surface area (Å²) in [6.45, 7) is 3.95. The number of carboxylic acids is 1. The Labute approximate surface area is 193 Å². The van der Waals surface area contributed by atoms with Gasteiger partial charge in [0.15, 0.2) is 11.7 Å². The van der Waals surface area contributed by atoms with Crippen molar-refractivity contribution in [1.82, 2.24) is 24.8 Å². The van der Waals surface area contributed by atoms with E-state index in [-0.39, 0.29) is 29.9 Å². The van der Waals surface area contributed by atoms with E-state index < -0.39 is 56.1 Å². The average molecular weight is 505 g/mol. The van der Waals surface area contributed by atoms with Gasteiger partial charge < -0.3 is 34.2 Å². The molecule has 0 aromatic carbocycles. The van der Waals surface area contributed by atoms with Gasteiger partial charge in [-0.15, -0.1) is 5.10 Å². The van der Waals surface area contributed by atoms with Crippen molar-refractivity contribution in [2.45, 2.75) is 63.9 Å². The minimum atomic E-state index is -4.36. The van der Waals surface area contributed by atoms with Crippen LogP contribution < -0.4 is 5.56 Å². The molecule has 1 fully saturated rings. The number of hydrogen-bond donors (Lipinski definition) is 4. The number of aliphatic hydroxyl groups is 3. The Morgan fingerprint density at radius 3 is 2.35 bits per heavy atom. The predicted octanol–water partition coefficient (Wildman–Crippen LogP) is -0.599. The first-order chi connectivity index (χ1) is 16.1. The third-order valence-corrected chi connectivity index (χ3v) is 7.50. The molecule has 16 heteroatoms. The first-order valence-electron chi connectivity index (χ1n) is 10.8. The molecule has 1 aliphatic rings. The van der Waals surface area contributed by atoms with Crippen molar-refractivity contribution in [3.63, 3.8) is 0 Å². The van der Waals surface area contributed by atoms with E-state index in [2.05, 4.69) is 15.4 Å².